The van der Waals surface area contributed by atoms with E-state index in [9.17, 15) is 18.4 Å². The summed E-state index contributed by atoms with van der Waals surface area (Å²) in [6.45, 7) is 4.64. The second-order valence-electron chi connectivity index (χ2n) is 12.3. The number of hydrogen-bond acceptors (Lipinski definition) is 9. The topological polar surface area (TPSA) is 124 Å². The van der Waals surface area contributed by atoms with Gasteiger partial charge in [-0.25, -0.2) is 15.0 Å². The van der Waals surface area contributed by atoms with E-state index in [0.29, 0.717) is 50.9 Å². The molecule has 2 saturated heterocycles. The van der Waals surface area contributed by atoms with Crippen LogP contribution in [0.15, 0.2) is 43.1 Å². The van der Waals surface area contributed by atoms with E-state index in [1.807, 2.05) is 23.1 Å². The second kappa shape index (κ2) is 12.0. The van der Waals surface area contributed by atoms with Crippen molar-refractivity contribution in [1.29, 1.82) is 5.26 Å². The molecule has 0 bridgehead atoms. The number of rotatable bonds is 8. The lowest BCUT2D eigenvalue weighted by Gasteiger charge is -2.52. The molecule has 0 unspecified atom stereocenters. The number of aromatic nitrogens is 6. The van der Waals surface area contributed by atoms with Crippen molar-refractivity contribution < 1.29 is 17.9 Å². The molecule has 0 aromatic carbocycles. The molecule has 0 atom stereocenters. The Kier molecular flexibility index (Phi) is 7.93. The average molecular weight is 621 g/mol. The fourth-order valence-electron chi connectivity index (χ4n) is 6.98. The summed E-state index contributed by atoms with van der Waals surface area (Å²) in [5, 5.41) is 18.6. The van der Waals surface area contributed by atoms with E-state index in [0.717, 1.165) is 67.1 Å². The highest BCUT2D eigenvalue weighted by atomic mass is 19.4. The van der Waals surface area contributed by atoms with Gasteiger partial charge in [-0.15, -0.1) is 0 Å². The van der Waals surface area contributed by atoms with Crippen LogP contribution in [0.3, 0.4) is 0 Å². The highest BCUT2D eigenvalue weighted by molar-refractivity contribution is 5.90. The summed E-state index contributed by atoms with van der Waals surface area (Å²) in [5.74, 6) is 0.276. The van der Waals surface area contributed by atoms with Crippen LogP contribution >= 0.6 is 0 Å². The quantitative estimate of drug-likeness (QED) is 0.295. The maximum atomic E-state index is 13.7. The van der Waals surface area contributed by atoms with Crippen LogP contribution in [0, 0.1) is 11.3 Å². The monoisotopic (exact) mass is 620 g/mol. The molecular formula is C31H35F3N10O. The second-order valence-corrected chi connectivity index (χ2v) is 12.3. The van der Waals surface area contributed by atoms with Crippen LogP contribution in [0.1, 0.15) is 43.4 Å². The minimum absolute atomic E-state index is 0.0317. The number of nitriles is 1. The first kappa shape index (κ1) is 29.6. The number of nitrogens with one attached hydrogen (secondary N) is 2. The molecule has 14 heteroatoms. The van der Waals surface area contributed by atoms with Gasteiger partial charge in [-0.2, -0.15) is 23.5 Å². The Morgan fingerprint density at radius 3 is 2.67 bits per heavy atom. The molecule has 7 rings (SSSR count). The third-order valence-corrected chi connectivity index (χ3v) is 9.42. The van der Waals surface area contributed by atoms with Gasteiger partial charge in [0.2, 0.25) is 0 Å². The summed E-state index contributed by atoms with van der Waals surface area (Å²) >= 11 is 0. The van der Waals surface area contributed by atoms with Gasteiger partial charge >= 0.3 is 6.18 Å². The van der Waals surface area contributed by atoms with Crippen LogP contribution in [0.25, 0.3) is 22.3 Å². The van der Waals surface area contributed by atoms with Crippen molar-refractivity contribution in [3.8, 4) is 17.3 Å². The number of H-pyrrole nitrogens is 1. The van der Waals surface area contributed by atoms with Crippen molar-refractivity contribution in [2.24, 2.45) is 0 Å². The number of anilines is 1. The van der Waals surface area contributed by atoms with E-state index in [2.05, 4.69) is 46.2 Å². The first-order valence-corrected chi connectivity index (χ1v) is 15.4. The molecule has 2 aliphatic heterocycles. The van der Waals surface area contributed by atoms with Crippen molar-refractivity contribution >= 4 is 16.9 Å². The normalized spacial score (nSPS) is 23.6. The van der Waals surface area contributed by atoms with E-state index in [1.54, 1.807) is 12.3 Å². The van der Waals surface area contributed by atoms with Crippen molar-refractivity contribution in [1.82, 2.24) is 39.5 Å². The van der Waals surface area contributed by atoms with E-state index in [1.165, 1.54) is 6.33 Å². The highest BCUT2D eigenvalue weighted by Crippen LogP contribution is 2.45. The van der Waals surface area contributed by atoms with Crippen LogP contribution < -0.4 is 5.32 Å². The Hall–Kier alpha value is -4.06. The summed E-state index contributed by atoms with van der Waals surface area (Å²) in [6, 6.07) is 7.57. The largest absolute Gasteiger partial charge is 0.433 e. The summed E-state index contributed by atoms with van der Waals surface area (Å²) in [6.07, 6.45) is 6.20. The Labute approximate surface area is 258 Å². The number of likely N-dealkylation sites (tertiary alicyclic amines) is 1. The first-order chi connectivity index (χ1) is 21.8. The number of nitrogens with zero attached hydrogens (tertiary/aromatic N) is 8. The van der Waals surface area contributed by atoms with Crippen LogP contribution in [-0.4, -0.2) is 91.0 Å². The van der Waals surface area contributed by atoms with Gasteiger partial charge in [0.15, 0.2) is 0 Å². The molecule has 3 fully saturated rings. The maximum absolute atomic E-state index is 13.7. The molecule has 45 heavy (non-hydrogen) atoms. The molecule has 11 nitrogen and oxygen atoms in total. The van der Waals surface area contributed by atoms with Crippen LogP contribution in [0.4, 0.5) is 19.0 Å². The summed E-state index contributed by atoms with van der Waals surface area (Å²) in [7, 11) is 0. The first-order valence-electron chi connectivity index (χ1n) is 15.4. The summed E-state index contributed by atoms with van der Waals surface area (Å²) < 4.78 is 48.4. The van der Waals surface area contributed by atoms with Gasteiger partial charge in [0.1, 0.15) is 23.5 Å². The van der Waals surface area contributed by atoms with Gasteiger partial charge in [-0.1, -0.05) is 0 Å². The summed E-state index contributed by atoms with van der Waals surface area (Å²) in [4.78, 5) is 20.3. The van der Waals surface area contributed by atoms with Crippen LogP contribution in [-0.2, 0) is 23.0 Å². The molecule has 0 radical (unpaired) electrons. The predicted molar refractivity (Wildman–Crippen MR) is 160 cm³/mol. The standard InChI is InChI=1S/C31H35F3N10O/c32-31(33,34)26-13-21(18-42-9-11-45-12-10-42)14-27(41-26)40-23-2-7-43(8-3-23)24-15-30(16-24,4-5-35)44-19-22(17-39-44)28-25-1-6-36-29(25)38-20-37-28/h1,6,13-14,17,19-20,23-24H,2-4,7-12,15-16,18H2,(H,40,41)(H,36,37,38). The van der Waals surface area contributed by atoms with E-state index in [-0.39, 0.29) is 17.4 Å². The molecule has 236 valence electrons. The molecule has 4 aromatic heterocycles. The molecule has 0 spiro atoms. The van der Waals surface area contributed by atoms with Gasteiger partial charge in [0, 0.05) is 68.2 Å². The highest BCUT2D eigenvalue weighted by Gasteiger charge is 2.49. The van der Waals surface area contributed by atoms with Gasteiger partial charge in [0.05, 0.1) is 43.1 Å². The number of fused-ring (bicyclic) bond motifs is 1. The Balaban J connectivity index is 0.981. The molecule has 1 aliphatic carbocycles. The predicted octanol–water partition coefficient (Wildman–Crippen LogP) is 4.42. The SMILES string of the molecule is N#CCC1(n2cc(-c3ncnc4[nH]ccc34)cn2)CC(N2CCC(Nc3cc(CN4CCOCC4)cc(C(F)(F)F)n3)CC2)C1. The zero-order chi connectivity index (χ0) is 31.0. The molecule has 4 aromatic rings. The lowest BCUT2D eigenvalue weighted by atomic mass is 9.69. The fraction of sp³-hybridized carbons (Fsp3) is 0.516. The number of halogens is 3. The number of piperidine rings is 1. The number of morpholine rings is 1. The molecule has 2 N–H and O–H groups in total. The van der Waals surface area contributed by atoms with Crippen molar-refractivity contribution in [3.05, 3.63) is 54.4 Å². The number of alkyl halides is 3. The van der Waals surface area contributed by atoms with Gasteiger partial charge in [-0.05, 0) is 49.4 Å². The fourth-order valence-corrected chi connectivity index (χ4v) is 6.98. The number of pyridine rings is 1. The van der Waals surface area contributed by atoms with Crippen molar-refractivity contribution in [2.75, 3.05) is 44.7 Å². The average Bonchev–Trinajstić information content (AvgIpc) is 3.70. The minimum atomic E-state index is -4.51. The molecule has 1 saturated carbocycles. The maximum Gasteiger partial charge on any atom is 0.433 e. The number of hydrogen-bond donors (Lipinski definition) is 2. The van der Waals surface area contributed by atoms with Gasteiger partial charge in [-0.3, -0.25) is 9.58 Å². The van der Waals surface area contributed by atoms with E-state index >= 15 is 0 Å². The minimum Gasteiger partial charge on any atom is -0.379 e. The van der Waals surface area contributed by atoms with E-state index < -0.39 is 11.9 Å². The number of aromatic amines is 1. The van der Waals surface area contributed by atoms with E-state index in [4.69, 9.17) is 4.74 Å². The van der Waals surface area contributed by atoms with Crippen molar-refractivity contribution in [2.45, 2.75) is 62.4 Å². The lowest BCUT2D eigenvalue weighted by Crippen LogP contribution is -2.58. The van der Waals surface area contributed by atoms with Crippen molar-refractivity contribution in [3.63, 3.8) is 0 Å². The molecule has 6 heterocycles. The van der Waals surface area contributed by atoms with Gasteiger partial charge in [0.25, 0.3) is 0 Å². The number of ether oxygens (including phenoxy) is 1. The smallest absolute Gasteiger partial charge is 0.379 e. The summed E-state index contributed by atoms with van der Waals surface area (Å²) in [5.41, 5.74) is 1.80. The molecule has 3 aliphatic rings. The van der Waals surface area contributed by atoms with Crippen LogP contribution in [0.5, 0.6) is 0 Å². The molecule has 0 amide bonds. The Bertz CT molecular complexity index is 1670. The zero-order valence-electron chi connectivity index (χ0n) is 24.8. The van der Waals surface area contributed by atoms with Gasteiger partial charge < -0.3 is 19.9 Å². The third kappa shape index (κ3) is 6.12. The van der Waals surface area contributed by atoms with Crippen LogP contribution in [0.2, 0.25) is 0 Å². The Morgan fingerprint density at radius 2 is 1.91 bits per heavy atom. The third-order valence-electron chi connectivity index (χ3n) is 9.42. The molecular weight excluding hydrogens is 585 g/mol. The Morgan fingerprint density at radius 1 is 1.11 bits per heavy atom. The zero-order valence-corrected chi connectivity index (χ0v) is 24.8. The lowest BCUT2D eigenvalue weighted by molar-refractivity contribution is -0.141.